The minimum Gasteiger partial charge on any atom is -0.480 e. The molecule has 2 N–H and O–H groups in total. The van der Waals surface area contributed by atoms with Crippen molar-refractivity contribution in [3.05, 3.63) is 35.9 Å². The molecule has 3 atom stereocenters. The van der Waals surface area contributed by atoms with Gasteiger partial charge in [0.05, 0.1) is 0 Å². The first-order valence-corrected chi connectivity index (χ1v) is 7.21. The van der Waals surface area contributed by atoms with Crippen molar-refractivity contribution in [1.29, 1.82) is 0 Å². The Balaban J connectivity index is 2.31. The molecule has 3 unspecified atom stereocenters. The maximum Gasteiger partial charge on any atom is 0.329 e. The van der Waals surface area contributed by atoms with Gasteiger partial charge in [-0.25, -0.2) is 4.79 Å². The fourth-order valence-electron chi connectivity index (χ4n) is 3.25. The van der Waals surface area contributed by atoms with E-state index in [0.29, 0.717) is 18.5 Å². The normalized spacial score (nSPS) is 26.4. The van der Waals surface area contributed by atoms with Gasteiger partial charge >= 0.3 is 5.97 Å². The smallest absolute Gasteiger partial charge is 0.329 e. The molecule has 4 heteroatoms. The van der Waals surface area contributed by atoms with E-state index in [9.17, 15) is 9.90 Å². The lowest BCUT2D eigenvalue weighted by Crippen LogP contribution is -2.55. The molecule has 0 aromatic heterocycles. The van der Waals surface area contributed by atoms with E-state index in [1.807, 2.05) is 30.3 Å². The number of aliphatic carboxylic acids is 1. The average Bonchev–Trinajstić information content (AvgIpc) is 2.74. The minimum absolute atomic E-state index is 0.431. The largest absolute Gasteiger partial charge is 0.480 e. The Labute approximate surface area is 120 Å². The Morgan fingerprint density at radius 2 is 2.05 bits per heavy atom. The van der Waals surface area contributed by atoms with Crippen molar-refractivity contribution >= 4 is 5.97 Å². The maximum atomic E-state index is 11.9. The van der Waals surface area contributed by atoms with Gasteiger partial charge in [-0.15, -0.1) is 0 Å². The SMILES string of the molecule is CNC(CN1CC(C)CC1C)(C(=O)O)c1ccccc1. The number of nitrogens with zero attached hydrogens (tertiary/aromatic N) is 1. The first-order chi connectivity index (χ1) is 9.49. The van der Waals surface area contributed by atoms with Crippen LogP contribution in [0.4, 0.5) is 0 Å². The Morgan fingerprint density at radius 1 is 1.40 bits per heavy atom. The Morgan fingerprint density at radius 3 is 2.50 bits per heavy atom. The van der Waals surface area contributed by atoms with Crippen molar-refractivity contribution in [2.24, 2.45) is 5.92 Å². The fraction of sp³-hybridized carbons (Fsp3) is 0.562. The Bertz CT molecular complexity index is 463. The summed E-state index contributed by atoms with van der Waals surface area (Å²) in [5.74, 6) is -0.193. The van der Waals surface area contributed by atoms with Crippen LogP contribution < -0.4 is 5.32 Å². The molecule has 1 aromatic carbocycles. The van der Waals surface area contributed by atoms with Gasteiger partial charge in [-0.1, -0.05) is 37.3 Å². The molecular formula is C16H24N2O2. The van der Waals surface area contributed by atoms with E-state index in [4.69, 9.17) is 0 Å². The second kappa shape index (κ2) is 5.94. The van der Waals surface area contributed by atoms with Crippen LogP contribution in [-0.2, 0) is 10.3 Å². The van der Waals surface area contributed by atoms with Crippen LogP contribution in [0.5, 0.6) is 0 Å². The number of likely N-dealkylation sites (tertiary alicyclic amines) is 1. The number of hydrogen-bond donors (Lipinski definition) is 2. The lowest BCUT2D eigenvalue weighted by molar-refractivity contribution is -0.146. The summed E-state index contributed by atoms with van der Waals surface area (Å²) in [6.07, 6.45) is 1.13. The van der Waals surface area contributed by atoms with Gasteiger partial charge in [0.2, 0.25) is 0 Å². The van der Waals surface area contributed by atoms with Gasteiger partial charge < -0.3 is 10.4 Å². The predicted molar refractivity (Wildman–Crippen MR) is 79.6 cm³/mol. The van der Waals surface area contributed by atoms with E-state index < -0.39 is 11.5 Å². The lowest BCUT2D eigenvalue weighted by atomic mass is 9.89. The van der Waals surface area contributed by atoms with E-state index in [-0.39, 0.29) is 0 Å². The van der Waals surface area contributed by atoms with Crippen LogP contribution in [0.25, 0.3) is 0 Å². The molecule has 4 nitrogen and oxygen atoms in total. The highest BCUT2D eigenvalue weighted by Gasteiger charge is 2.42. The monoisotopic (exact) mass is 276 g/mol. The number of carboxylic acids is 1. The zero-order valence-corrected chi connectivity index (χ0v) is 12.5. The van der Waals surface area contributed by atoms with E-state index in [1.165, 1.54) is 0 Å². The zero-order valence-electron chi connectivity index (χ0n) is 12.5. The van der Waals surface area contributed by atoms with E-state index in [1.54, 1.807) is 7.05 Å². The molecule has 0 saturated carbocycles. The average molecular weight is 276 g/mol. The van der Waals surface area contributed by atoms with E-state index in [2.05, 4.69) is 24.1 Å². The number of nitrogens with one attached hydrogen (secondary N) is 1. The number of benzene rings is 1. The zero-order chi connectivity index (χ0) is 14.8. The summed E-state index contributed by atoms with van der Waals surface area (Å²) in [5.41, 5.74) is -0.235. The van der Waals surface area contributed by atoms with Crippen molar-refractivity contribution in [3.8, 4) is 0 Å². The third-order valence-electron chi connectivity index (χ3n) is 4.41. The molecule has 0 amide bonds. The third kappa shape index (κ3) is 2.72. The van der Waals surface area contributed by atoms with Crippen molar-refractivity contribution < 1.29 is 9.90 Å². The topological polar surface area (TPSA) is 52.6 Å². The van der Waals surface area contributed by atoms with Crippen LogP contribution in [0.3, 0.4) is 0 Å². The molecule has 1 saturated heterocycles. The molecule has 0 bridgehead atoms. The molecule has 0 spiro atoms. The van der Waals surface area contributed by atoms with Crippen LogP contribution >= 0.6 is 0 Å². The first kappa shape index (κ1) is 15.0. The summed E-state index contributed by atoms with van der Waals surface area (Å²) in [4.78, 5) is 14.2. The van der Waals surface area contributed by atoms with Gasteiger partial charge in [-0.3, -0.25) is 4.90 Å². The Kier molecular flexibility index (Phi) is 4.45. The third-order valence-corrected chi connectivity index (χ3v) is 4.41. The highest BCUT2D eigenvalue weighted by atomic mass is 16.4. The quantitative estimate of drug-likeness (QED) is 0.862. The summed E-state index contributed by atoms with van der Waals surface area (Å²) in [6.45, 7) is 5.86. The molecule has 20 heavy (non-hydrogen) atoms. The number of hydrogen-bond acceptors (Lipinski definition) is 3. The summed E-state index contributed by atoms with van der Waals surface area (Å²) >= 11 is 0. The van der Waals surface area contributed by atoms with Gasteiger partial charge in [0.1, 0.15) is 0 Å². The van der Waals surface area contributed by atoms with Crippen molar-refractivity contribution in [1.82, 2.24) is 10.2 Å². The Hall–Kier alpha value is -1.39. The molecule has 0 radical (unpaired) electrons. The highest BCUT2D eigenvalue weighted by Crippen LogP contribution is 2.29. The molecule has 1 aliphatic rings. The summed E-state index contributed by atoms with van der Waals surface area (Å²) in [5, 5.41) is 12.9. The van der Waals surface area contributed by atoms with Gasteiger partial charge in [-0.2, -0.15) is 0 Å². The lowest BCUT2D eigenvalue weighted by Gasteiger charge is -2.35. The van der Waals surface area contributed by atoms with Gasteiger partial charge in [0.25, 0.3) is 0 Å². The molecule has 110 valence electrons. The van der Waals surface area contributed by atoms with Crippen LogP contribution in [-0.4, -0.2) is 42.2 Å². The molecular weight excluding hydrogens is 252 g/mol. The molecule has 1 aromatic rings. The van der Waals surface area contributed by atoms with Gasteiger partial charge in [0, 0.05) is 19.1 Å². The summed E-state index contributed by atoms with van der Waals surface area (Å²) in [6, 6.07) is 9.89. The number of carbonyl (C=O) groups is 1. The summed E-state index contributed by atoms with van der Waals surface area (Å²) in [7, 11) is 1.73. The highest BCUT2D eigenvalue weighted by molar-refractivity contribution is 5.81. The van der Waals surface area contributed by atoms with E-state index in [0.717, 1.165) is 18.5 Å². The summed E-state index contributed by atoms with van der Waals surface area (Å²) < 4.78 is 0. The van der Waals surface area contributed by atoms with Crippen molar-refractivity contribution in [3.63, 3.8) is 0 Å². The van der Waals surface area contributed by atoms with Gasteiger partial charge in [-0.05, 0) is 31.9 Å². The fourth-order valence-corrected chi connectivity index (χ4v) is 3.25. The van der Waals surface area contributed by atoms with Crippen LogP contribution in [0.1, 0.15) is 25.8 Å². The minimum atomic E-state index is -1.04. The molecule has 1 fully saturated rings. The number of rotatable bonds is 5. The van der Waals surface area contributed by atoms with Crippen molar-refractivity contribution in [2.45, 2.75) is 31.8 Å². The number of carboxylic acid groups (broad SMARTS) is 1. The first-order valence-electron chi connectivity index (χ1n) is 7.21. The maximum absolute atomic E-state index is 11.9. The standard InChI is InChI=1S/C16H24N2O2/c1-12-9-13(2)18(10-12)11-16(17-3,15(19)20)14-7-5-4-6-8-14/h4-8,12-13,17H,9-11H2,1-3H3,(H,19,20). The van der Waals surface area contributed by atoms with Crippen LogP contribution in [0.2, 0.25) is 0 Å². The number of likely N-dealkylation sites (N-methyl/N-ethyl adjacent to an activating group) is 1. The van der Waals surface area contributed by atoms with E-state index >= 15 is 0 Å². The van der Waals surface area contributed by atoms with Crippen molar-refractivity contribution in [2.75, 3.05) is 20.1 Å². The second-order valence-corrected chi connectivity index (χ2v) is 5.95. The molecule has 1 aliphatic heterocycles. The van der Waals surface area contributed by atoms with Crippen LogP contribution in [0, 0.1) is 5.92 Å². The predicted octanol–water partition coefficient (Wildman–Crippen LogP) is 1.92. The van der Waals surface area contributed by atoms with Crippen LogP contribution in [0.15, 0.2) is 30.3 Å². The molecule has 2 rings (SSSR count). The van der Waals surface area contributed by atoms with Gasteiger partial charge in [0.15, 0.2) is 5.54 Å². The molecule has 1 heterocycles. The second-order valence-electron chi connectivity index (χ2n) is 5.95. The molecule has 0 aliphatic carbocycles.